The molecular weight excluding hydrogens is 416 g/mol. The molecule has 4 rings (SSSR count). The van der Waals surface area contributed by atoms with E-state index >= 15 is 0 Å². The Labute approximate surface area is 191 Å². The Kier molecular flexibility index (Phi) is 6.62. The molecule has 8 heteroatoms. The lowest BCUT2D eigenvalue weighted by molar-refractivity contribution is 0.0954. The van der Waals surface area contributed by atoms with Gasteiger partial charge in [0.25, 0.3) is 5.91 Å². The maximum atomic E-state index is 12.6. The van der Waals surface area contributed by atoms with Crippen molar-refractivity contribution in [3.63, 3.8) is 0 Å². The van der Waals surface area contributed by atoms with Crippen molar-refractivity contribution in [1.29, 1.82) is 5.26 Å². The number of nitrogens with one attached hydrogen (secondary N) is 2. The molecule has 166 valence electrons. The van der Waals surface area contributed by atoms with E-state index in [1.54, 1.807) is 29.4 Å². The predicted octanol–water partition coefficient (Wildman–Crippen LogP) is 2.90. The number of nitrogens with zero attached hydrogens (tertiary/aromatic N) is 4. The fraction of sp³-hybridized carbons (Fsp3) is 0.200. The highest BCUT2D eigenvalue weighted by molar-refractivity contribution is 5.94. The van der Waals surface area contributed by atoms with Gasteiger partial charge >= 0.3 is 0 Å². The largest absolute Gasteiger partial charge is 0.395 e. The number of rotatable bonds is 8. The quantitative estimate of drug-likeness (QED) is 0.388. The molecule has 2 aromatic carbocycles. The molecule has 0 spiro atoms. The molecule has 0 aliphatic rings. The van der Waals surface area contributed by atoms with E-state index in [4.69, 9.17) is 5.11 Å². The summed E-state index contributed by atoms with van der Waals surface area (Å²) in [4.78, 5) is 26.2. The van der Waals surface area contributed by atoms with E-state index in [2.05, 4.69) is 26.3 Å². The third kappa shape index (κ3) is 5.00. The summed E-state index contributed by atoms with van der Waals surface area (Å²) in [5.41, 5.74) is 4.79. The third-order valence-electron chi connectivity index (χ3n) is 5.43. The first-order valence-electron chi connectivity index (χ1n) is 10.6. The summed E-state index contributed by atoms with van der Waals surface area (Å²) < 4.78 is 0. The van der Waals surface area contributed by atoms with Crippen molar-refractivity contribution in [1.82, 2.24) is 20.3 Å². The number of aliphatic hydroxyl groups is 1. The summed E-state index contributed by atoms with van der Waals surface area (Å²) >= 11 is 0. The number of hydrogen-bond donors (Lipinski definition) is 3. The van der Waals surface area contributed by atoms with Crippen LogP contribution in [0.2, 0.25) is 0 Å². The van der Waals surface area contributed by atoms with Crippen LogP contribution in [0.3, 0.4) is 0 Å². The van der Waals surface area contributed by atoms with Crippen LogP contribution in [0.4, 0.5) is 5.95 Å². The first-order valence-corrected chi connectivity index (χ1v) is 10.6. The minimum absolute atomic E-state index is 0.0233. The zero-order valence-corrected chi connectivity index (χ0v) is 18.2. The fourth-order valence-corrected chi connectivity index (χ4v) is 3.57. The molecule has 0 saturated carbocycles. The number of benzene rings is 2. The molecule has 0 radical (unpaired) electrons. The van der Waals surface area contributed by atoms with Gasteiger partial charge < -0.3 is 20.3 Å². The number of nitriles is 1. The van der Waals surface area contributed by atoms with E-state index in [-0.39, 0.29) is 12.5 Å². The lowest BCUT2D eigenvalue weighted by atomic mass is 10.1. The van der Waals surface area contributed by atoms with Crippen LogP contribution in [0.25, 0.3) is 22.2 Å². The second kappa shape index (κ2) is 9.94. The monoisotopic (exact) mass is 440 g/mol. The number of fused-ring (bicyclic) bond motifs is 1. The van der Waals surface area contributed by atoms with Gasteiger partial charge in [0.15, 0.2) is 0 Å². The first kappa shape index (κ1) is 22.0. The minimum Gasteiger partial charge on any atom is -0.395 e. The van der Waals surface area contributed by atoms with Crippen molar-refractivity contribution in [2.75, 3.05) is 31.6 Å². The molecular formula is C25H24N6O2. The number of hydrogen-bond acceptors (Lipinski definition) is 6. The van der Waals surface area contributed by atoms with Crippen LogP contribution in [-0.4, -0.2) is 52.7 Å². The summed E-state index contributed by atoms with van der Waals surface area (Å²) in [5.74, 6) is 0.385. The molecule has 0 saturated heterocycles. The first-order chi connectivity index (χ1) is 16.1. The highest BCUT2D eigenvalue weighted by atomic mass is 16.3. The number of H-pyrrole nitrogens is 1. The molecule has 0 aliphatic carbocycles. The van der Waals surface area contributed by atoms with E-state index in [9.17, 15) is 10.1 Å². The Balaban J connectivity index is 1.37. The minimum atomic E-state index is -0.145. The standard InChI is InChI=1S/C25H24N6O2/c1-31(12-13-32)25-28-11-9-22(30-25)18-3-5-19(6-4-18)24(33)27-10-8-17-2-7-23-21(14-17)20(15-26)16-29-23/h2-7,9,11,14,16,29,32H,8,10,12-13H2,1H3,(H,27,33). The molecule has 8 nitrogen and oxygen atoms in total. The summed E-state index contributed by atoms with van der Waals surface area (Å²) in [7, 11) is 1.82. The van der Waals surface area contributed by atoms with Crippen LogP contribution in [0, 0.1) is 11.3 Å². The number of aromatic amines is 1. The van der Waals surface area contributed by atoms with Gasteiger partial charge in [0.2, 0.25) is 5.95 Å². The second-order valence-electron chi connectivity index (χ2n) is 7.66. The Bertz CT molecular complexity index is 1310. The maximum Gasteiger partial charge on any atom is 0.251 e. The molecule has 0 atom stereocenters. The van der Waals surface area contributed by atoms with Crippen molar-refractivity contribution in [2.24, 2.45) is 0 Å². The number of carbonyl (C=O) groups is 1. The van der Waals surface area contributed by atoms with E-state index < -0.39 is 0 Å². The summed E-state index contributed by atoms with van der Waals surface area (Å²) in [6.07, 6.45) is 4.05. The normalized spacial score (nSPS) is 10.7. The topological polar surface area (TPSA) is 118 Å². The van der Waals surface area contributed by atoms with Crippen molar-refractivity contribution in [2.45, 2.75) is 6.42 Å². The molecule has 0 aliphatic heterocycles. The molecule has 4 aromatic rings. The summed E-state index contributed by atoms with van der Waals surface area (Å²) in [6, 6.07) is 17.2. The van der Waals surface area contributed by atoms with E-state index in [0.717, 1.165) is 27.7 Å². The summed E-state index contributed by atoms with van der Waals surface area (Å²) in [6.45, 7) is 0.960. The van der Waals surface area contributed by atoms with E-state index in [1.165, 1.54) is 0 Å². The maximum absolute atomic E-state index is 12.6. The van der Waals surface area contributed by atoms with Gasteiger partial charge in [-0.15, -0.1) is 0 Å². The van der Waals surface area contributed by atoms with Gasteiger partial charge in [0.1, 0.15) is 6.07 Å². The Hall–Kier alpha value is -4.22. The molecule has 3 N–H and O–H groups in total. The van der Waals surface area contributed by atoms with Crippen LogP contribution < -0.4 is 10.2 Å². The van der Waals surface area contributed by atoms with Crippen LogP contribution >= 0.6 is 0 Å². The van der Waals surface area contributed by atoms with Gasteiger partial charge in [0.05, 0.1) is 17.9 Å². The van der Waals surface area contributed by atoms with Crippen LogP contribution in [0.5, 0.6) is 0 Å². The van der Waals surface area contributed by atoms with E-state index in [0.29, 0.717) is 36.6 Å². The Morgan fingerprint density at radius 1 is 1.21 bits per heavy atom. The van der Waals surface area contributed by atoms with Crippen molar-refractivity contribution in [3.05, 3.63) is 77.6 Å². The lowest BCUT2D eigenvalue weighted by Crippen LogP contribution is -2.25. The van der Waals surface area contributed by atoms with Gasteiger partial charge in [-0.3, -0.25) is 4.79 Å². The SMILES string of the molecule is CN(CCO)c1nccc(-c2ccc(C(=O)NCCc3ccc4[nH]cc(C#N)c4c3)cc2)n1. The molecule has 0 fully saturated rings. The van der Waals surface area contributed by atoms with Gasteiger partial charge in [0, 0.05) is 54.6 Å². The predicted molar refractivity (Wildman–Crippen MR) is 127 cm³/mol. The average molecular weight is 441 g/mol. The fourth-order valence-electron chi connectivity index (χ4n) is 3.57. The number of carbonyl (C=O) groups excluding carboxylic acids is 1. The smallest absolute Gasteiger partial charge is 0.251 e. The Morgan fingerprint density at radius 3 is 2.79 bits per heavy atom. The number of aliphatic hydroxyl groups excluding tert-OH is 1. The highest BCUT2D eigenvalue weighted by Crippen LogP contribution is 2.20. The van der Waals surface area contributed by atoms with Gasteiger partial charge in [-0.1, -0.05) is 18.2 Å². The van der Waals surface area contributed by atoms with Crippen LogP contribution in [0.15, 0.2) is 60.9 Å². The second-order valence-corrected chi connectivity index (χ2v) is 7.66. The molecule has 2 aromatic heterocycles. The van der Waals surface area contributed by atoms with Crippen molar-refractivity contribution in [3.8, 4) is 17.3 Å². The number of aromatic nitrogens is 3. The van der Waals surface area contributed by atoms with Gasteiger partial charge in [-0.25, -0.2) is 9.97 Å². The number of amides is 1. The molecule has 1 amide bonds. The van der Waals surface area contributed by atoms with Gasteiger partial charge in [-0.2, -0.15) is 5.26 Å². The molecule has 2 heterocycles. The van der Waals surface area contributed by atoms with Crippen molar-refractivity contribution >= 4 is 22.8 Å². The number of likely N-dealkylation sites (N-methyl/N-ethyl adjacent to an activating group) is 1. The van der Waals surface area contributed by atoms with Crippen molar-refractivity contribution < 1.29 is 9.90 Å². The zero-order valence-electron chi connectivity index (χ0n) is 18.2. The average Bonchev–Trinajstić information content (AvgIpc) is 3.27. The zero-order chi connectivity index (χ0) is 23.2. The molecule has 0 unspecified atom stereocenters. The summed E-state index contributed by atoms with van der Waals surface area (Å²) in [5, 5.41) is 22.1. The van der Waals surface area contributed by atoms with Crippen LogP contribution in [-0.2, 0) is 6.42 Å². The van der Waals surface area contributed by atoms with E-state index in [1.807, 2.05) is 43.4 Å². The molecule has 33 heavy (non-hydrogen) atoms. The third-order valence-corrected chi connectivity index (χ3v) is 5.43. The molecule has 0 bridgehead atoms. The van der Waals surface area contributed by atoms with Crippen LogP contribution in [0.1, 0.15) is 21.5 Å². The number of anilines is 1. The van der Waals surface area contributed by atoms with Gasteiger partial charge in [-0.05, 0) is 42.3 Å². The lowest BCUT2D eigenvalue weighted by Gasteiger charge is -2.15. The Morgan fingerprint density at radius 2 is 2.03 bits per heavy atom. The highest BCUT2D eigenvalue weighted by Gasteiger charge is 2.09.